The summed E-state index contributed by atoms with van der Waals surface area (Å²) in [5.41, 5.74) is 12.1. The number of phenolic OH excluding ortho intramolecular Hbond substituents is 2. The van der Waals surface area contributed by atoms with Gasteiger partial charge in [0.15, 0.2) is 0 Å². The van der Waals surface area contributed by atoms with Crippen LogP contribution in [0.4, 0.5) is 0 Å². The van der Waals surface area contributed by atoms with Crippen molar-refractivity contribution >= 4 is 47.3 Å². The highest BCUT2D eigenvalue weighted by Crippen LogP contribution is 2.22. The molecule has 0 radical (unpaired) electrons. The van der Waals surface area contributed by atoms with Gasteiger partial charge < -0.3 is 58.3 Å². The molecule has 19 heteroatoms. The van der Waals surface area contributed by atoms with Crippen LogP contribution in [0, 0.1) is 5.92 Å². The van der Waals surface area contributed by atoms with E-state index in [1.165, 1.54) is 36.1 Å². The zero-order valence-corrected chi connectivity index (χ0v) is 34.1. The van der Waals surface area contributed by atoms with Gasteiger partial charge in [0.1, 0.15) is 47.8 Å². The number of carboxylic acid groups (broad SMARTS) is 1. The Bertz CT molecular complexity index is 1830. The third-order valence-corrected chi connectivity index (χ3v) is 10.3. The van der Waals surface area contributed by atoms with Gasteiger partial charge in [-0.05, 0) is 80.0 Å². The van der Waals surface area contributed by atoms with E-state index in [1.807, 2.05) is 0 Å². The standard InChI is InChI=1S/C41H58N8O11/c1-4-23(2)35(40(59)46-31(22-34(53)54)38(57)45-29(36(43)55)8-5-6-18-42)48-39(58)33-9-7-19-49(33)41(60)32(21-26-12-16-28(52)17-13-26)47-37(56)30(44-24(3)50)20-25-10-14-27(51)15-11-25/h10-17,23,29-33,35,51-52H,4-9,18-22,42H2,1-3H3,(H2,43,55)(H,44,50)(H,45,57)(H,46,59)(H,47,56)(H,48,58)(H,53,54)/t23-,29-,30-,31-,32-,33-,35-/m0/s1. The first-order chi connectivity index (χ1) is 28.4. The summed E-state index contributed by atoms with van der Waals surface area (Å²) in [6, 6.07) is 4.46. The van der Waals surface area contributed by atoms with Gasteiger partial charge in [-0.15, -0.1) is 0 Å². The summed E-state index contributed by atoms with van der Waals surface area (Å²) < 4.78 is 0. The normalized spacial score (nSPS) is 16.5. The fraction of sp³-hybridized carbons (Fsp3) is 0.512. The SMILES string of the molecule is CC[C@H](C)[C@H](NC(=O)[C@@H]1CCCN1C(=O)[C@H](Cc1ccc(O)cc1)NC(=O)[C@H](Cc1ccc(O)cc1)NC(C)=O)C(=O)N[C@@H](CC(=O)O)C(=O)N[C@@H](CCCCN)C(N)=O. The molecule has 1 aliphatic heterocycles. The molecule has 1 aliphatic rings. The summed E-state index contributed by atoms with van der Waals surface area (Å²) in [4.78, 5) is 107. The van der Waals surface area contributed by atoms with Crippen molar-refractivity contribution in [3.8, 4) is 11.5 Å². The number of nitrogens with zero attached hydrogens (tertiary/aromatic N) is 1. The Kier molecular flexibility index (Phi) is 18.8. The first kappa shape index (κ1) is 48.1. The van der Waals surface area contributed by atoms with Gasteiger partial charge in [-0.2, -0.15) is 0 Å². The Hall–Kier alpha value is -6.24. The van der Waals surface area contributed by atoms with Crippen molar-refractivity contribution in [2.24, 2.45) is 17.4 Å². The highest BCUT2D eigenvalue weighted by atomic mass is 16.4. The van der Waals surface area contributed by atoms with E-state index in [4.69, 9.17) is 11.5 Å². The number of hydrogen-bond donors (Lipinski definition) is 10. The highest BCUT2D eigenvalue weighted by molar-refractivity contribution is 5.98. The Labute approximate surface area is 348 Å². The molecule has 1 saturated heterocycles. The molecule has 0 unspecified atom stereocenters. The second kappa shape index (κ2) is 23.4. The van der Waals surface area contributed by atoms with Gasteiger partial charge in [0, 0.05) is 26.3 Å². The number of nitrogens with one attached hydrogen (secondary N) is 5. The number of unbranched alkanes of at least 4 members (excludes halogenated alkanes) is 1. The number of likely N-dealkylation sites (tertiary alicyclic amines) is 1. The van der Waals surface area contributed by atoms with Crippen LogP contribution in [0.3, 0.4) is 0 Å². The van der Waals surface area contributed by atoms with Crippen LogP contribution < -0.4 is 38.1 Å². The van der Waals surface area contributed by atoms with E-state index in [1.54, 1.807) is 38.1 Å². The number of nitrogens with two attached hydrogens (primary N) is 2. The van der Waals surface area contributed by atoms with E-state index in [9.17, 15) is 53.7 Å². The summed E-state index contributed by atoms with van der Waals surface area (Å²) in [5.74, 6) is -7.19. The molecule has 7 amide bonds. The number of hydrogen-bond acceptors (Lipinski definition) is 11. The lowest BCUT2D eigenvalue weighted by Crippen LogP contribution is -2.60. The summed E-state index contributed by atoms with van der Waals surface area (Å²) >= 11 is 0. The summed E-state index contributed by atoms with van der Waals surface area (Å²) in [6.45, 7) is 5.13. The summed E-state index contributed by atoms with van der Waals surface area (Å²) in [5, 5.41) is 42.0. The summed E-state index contributed by atoms with van der Waals surface area (Å²) in [6.07, 6.45) is 1.22. The number of primary amides is 1. The van der Waals surface area contributed by atoms with Crippen LogP contribution in [0.25, 0.3) is 0 Å². The molecule has 1 fully saturated rings. The van der Waals surface area contributed by atoms with Crippen molar-refractivity contribution in [2.75, 3.05) is 13.1 Å². The Balaban J connectivity index is 1.85. The molecule has 0 saturated carbocycles. The fourth-order valence-corrected chi connectivity index (χ4v) is 6.81. The average molecular weight is 839 g/mol. The Morgan fingerprint density at radius 2 is 1.28 bits per heavy atom. The number of aromatic hydroxyl groups is 2. The van der Waals surface area contributed by atoms with Gasteiger partial charge >= 0.3 is 5.97 Å². The lowest BCUT2D eigenvalue weighted by atomic mass is 9.97. The van der Waals surface area contributed by atoms with E-state index in [-0.39, 0.29) is 43.7 Å². The van der Waals surface area contributed by atoms with Crippen LogP contribution >= 0.6 is 0 Å². The first-order valence-corrected chi connectivity index (χ1v) is 20.0. The smallest absolute Gasteiger partial charge is 0.305 e. The number of amides is 7. The maximum Gasteiger partial charge on any atom is 0.305 e. The fourth-order valence-electron chi connectivity index (χ4n) is 6.81. The molecule has 19 nitrogen and oxygen atoms in total. The molecular formula is C41H58N8O11. The zero-order valence-electron chi connectivity index (χ0n) is 34.1. The van der Waals surface area contributed by atoms with E-state index in [0.717, 1.165) is 0 Å². The number of benzene rings is 2. The van der Waals surface area contributed by atoms with Crippen LogP contribution in [-0.4, -0.2) is 117 Å². The van der Waals surface area contributed by atoms with Crippen LogP contribution in [0.5, 0.6) is 11.5 Å². The predicted octanol–water partition coefficient (Wildman–Crippen LogP) is -0.547. The monoisotopic (exact) mass is 838 g/mol. The number of rotatable bonds is 23. The number of aliphatic carboxylic acids is 1. The van der Waals surface area contributed by atoms with Gasteiger partial charge in [0.25, 0.3) is 0 Å². The first-order valence-electron chi connectivity index (χ1n) is 20.0. The molecule has 2 aromatic carbocycles. The number of phenols is 2. The molecule has 12 N–H and O–H groups in total. The number of carbonyl (C=O) groups is 8. The lowest BCUT2D eigenvalue weighted by molar-refractivity contribution is -0.143. The number of carbonyl (C=O) groups excluding carboxylic acids is 7. The maximum atomic E-state index is 14.4. The predicted molar refractivity (Wildman–Crippen MR) is 217 cm³/mol. The lowest BCUT2D eigenvalue weighted by Gasteiger charge is -2.32. The third kappa shape index (κ3) is 14.9. The van der Waals surface area contributed by atoms with E-state index in [0.29, 0.717) is 43.4 Å². The summed E-state index contributed by atoms with van der Waals surface area (Å²) in [7, 11) is 0. The molecule has 1 heterocycles. The molecule has 60 heavy (non-hydrogen) atoms. The minimum atomic E-state index is -1.64. The quantitative estimate of drug-likeness (QED) is 0.0631. The van der Waals surface area contributed by atoms with Gasteiger partial charge in [0.05, 0.1) is 6.42 Å². The maximum absolute atomic E-state index is 14.4. The van der Waals surface area contributed by atoms with Crippen molar-refractivity contribution in [3.63, 3.8) is 0 Å². The van der Waals surface area contributed by atoms with Crippen molar-refractivity contribution < 1.29 is 53.7 Å². The van der Waals surface area contributed by atoms with E-state index < -0.39 is 95.9 Å². The largest absolute Gasteiger partial charge is 0.508 e. The molecule has 0 spiro atoms. The van der Waals surface area contributed by atoms with Crippen molar-refractivity contribution in [2.45, 2.75) is 115 Å². The minimum Gasteiger partial charge on any atom is -0.508 e. The Morgan fingerprint density at radius 3 is 1.80 bits per heavy atom. The van der Waals surface area contributed by atoms with Crippen molar-refractivity contribution in [3.05, 3.63) is 59.7 Å². The van der Waals surface area contributed by atoms with Gasteiger partial charge in [-0.25, -0.2) is 0 Å². The van der Waals surface area contributed by atoms with Crippen LogP contribution in [0.2, 0.25) is 0 Å². The van der Waals surface area contributed by atoms with Crippen LogP contribution in [-0.2, 0) is 51.2 Å². The average Bonchev–Trinajstić information content (AvgIpc) is 3.69. The highest BCUT2D eigenvalue weighted by Gasteiger charge is 2.41. The molecule has 0 aromatic heterocycles. The van der Waals surface area contributed by atoms with Gasteiger partial charge in [-0.3, -0.25) is 38.4 Å². The molecule has 7 atom stereocenters. The number of carboxylic acids is 1. The minimum absolute atomic E-state index is 0.00832. The van der Waals surface area contributed by atoms with E-state index in [2.05, 4.69) is 26.6 Å². The molecule has 0 aliphatic carbocycles. The third-order valence-electron chi connectivity index (χ3n) is 10.3. The van der Waals surface area contributed by atoms with Crippen molar-refractivity contribution in [1.29, 1.82) is 0 Å². The Morgan fingerprint density at radius 1 is 0.750 bits per heavy atom. The van der Waals surface area contributed by atoms with Gasteiger partial charge in [0.2, 0.25) is 41.4 Å². The second-order valence-corrected chi connectivity index (χ2v) is 15.0. The second-order valence-electron chi connectivity index (χ2n) is 15.0. The van der Waals surface area contributed by atoms with Crippen molar-refractivity contribution in [1.82, 2.24) is 31.5 Å². The van der Waals surface area contributed by atoms with E-state index >= 15 is 0 Å². The topological polar surface area (TPSA) is 313 Å². The molecule has 0 bridgehead atoms. The zero-order chi connectivity index (χ0) is 44.5. The van der Waals surface area contributed by atoms with Crippen LogP contribution in [0.15, 0.2) is 48.5 Å². The molecule has 2 aromatic rings. The molecule has 328 valence electrons. The molecule has 3 rings (SSSR count). The molecular weight excluding hydrogens is 780 g/mol. The van der Waals surface area contributed by atoms with Gasteiger partial charge in [-0.1, -0.05) is 44.5 Å². The van der Waals surface area contributed by atoms with Crippen LogP contribution in [0.1, 0.15) is 76.8 Å².